The van der Waals surface area contributed by atoms with E-state index in [4.69, 9.17) is 9.47 Å². The second-order valence-electron chi connectivity index (χ2n) is 9.75. The molecule has 11 heteroatoms. The smallest absolute Gasteiger partial charge is 0.324 e. The summed E-state index contributed by atoms with van der Waals surface area (Å²) in [6, 6.07) is 22.5. The molecule has 5 rings (SSSR count). The summed E-state index contributed by atoms with van der Waals surface area (Å²) in [5.74, 6) is 1.63. The number of carbonyl (C=O) groups excluding carboxylic acids is 2. The Morgan fingerprint density at radius 3 is 2.56 bits per heavy atom. The first-order valence-corrected chi connectivity index (χ1v) is 13.8. The van der Waals surface area contributed by atoms with Crippen LogP contribution in [0.2, 0.25) is 0 Å². The fraction of sp³-hybridized carbons (Fsp3) is 0.188. The van der Waals surface area contributed by atoms with Gasteiger partial charge in [-0.2, -0.15) is 5.10 Å². The fourth-order valence-electron chi connectivity index (χ4n) is 4.54. The zero-order valence-corrected chi connectivity index (χ0v) is 23.8. The van der Waals surface area contributed by atoms with Gasteiger partial charge < -0.3 is 25.2 Å². The van der Waals surface area contributed by atoms with E-state index in [1.807, 2.05) is 36.4 Å². The second kappa shape index (κ2) is 13.5. The average Bonchev–Trinajstić information content (AvgIpc) is 3.40. The van der Waals surface area contributed by atoms with Crippen molar-refractivity contribution in [1.82, 2.24) is 14.8 Å². The molecule has 5 aromatic rings. The lowest BCUT2D eigenvalue weighted by molar-refractivity contribution is -0.119. The van der Waals surface area contributed by atoms with Crippen LogP contribution in [0, 0.1) is 0 Å². The highest BCUT2D eigenvalue weighted by atomic mass is 16.5. The molecule has 3 amide bonds. The first-order valence-electron chi connectivity index (χ1n) is 13.8. The maximum atomic E-state index is 13.3. The van der Waals surface area contributed by atoms with E-state index < -0.39 is 6.03 Å². The Hall–Kier alpha value is -5.42. The quantitative estimate of drug-likeness (QED) is 0.140. The highest BCUT2D eigenvalue weighted by Crippen LogP contribution is 2.35. The van der Waals surface area contributed by atoms with Crippen LogP contribution in [-0.4, -0.2) is 45.5 Å². The molecule has 0 aliphatic heterocycles. The van der Waals surface area contributed by atoms with Crippen molar-refractivity contribution in [1.29, 1.82) is 0 Å². The van der Waals surface area contributed by atoms with Gasteiger partial charge in [-0.25, -0.2) is 14.5 Å². The summed E-state index contributed by atoms with van der Waals surface area (Å²) in [4.78, 5) is 29.3. The van der Waals surface area contributed by atoms with Crippen molar-refractivity contribution in [3.8, 4) is 22.9 Å². The number of hydrogen-bond acceptors (Lipinski definition) is 7. The number of aryl methyl sites for hydroxylation is 1. The van der Waals surface area contributed by atoms with Gasteiger partial charge in [0.05, 0.1) is 17.1 Å². The van der Waals surface area contributed by atoms with Crippen LogP contribution >= 0.6 is 0 Å². The molecule has 0 atom stereocenters. The predicted molar refractivity (Wildman–Crippen MR) is 165 cm³/mol. The molecule has 0 fully saturated rings. The monoisotopic (exact) mass is 580 g/mol. The minimum atomic E-state index is -0.451. The summed E-state index contributed by atoms with van der Waals surface area (Å²) in [6.45, 7) is 2.02. The number of unbranched alkanes of at least 4 members (excludes halogenated alkanes) is 1. The van der Waals surface area contributed by atoms with Crippen molar-refractivity contribution in [2.75, 3.05) is 29.7 Å². The maximum Gasteiger partial charge on any atom is 0.324 e. The third kappa shape index (κ3) is 7.27. The van der Waals surface area contributed by atoms with Crippen LogP contribution in [0.4, 0.5) is 22.1 Å². The van der Waals surface area contributed by atoms with Gasteiger partial charge in [0, 0.05) is 42.3 Å². The molecule has 0 aliphatic rings. The van der Waals surface area contributed by atoms with Gasteiger partial charge in [-0.05, 0) is 43.2 Å². The highest BCUT2D eigenvalue weighted by molar-refractivity contribution is 6.07. The van der Waals surface area contributed by atoms with Gasteiger partial charge in [0.25, 0.3) is 5.91 Å². The Balaban J connectivity index is 1.36. The summed E-state index contributed by atoms with van der Waals surface area (Å²) < 4.78 is 12.6. The summed E-state index contributed by atoms with van der Waals surface area (Å²) >= 11 is 0. The number of anilines is 3. The van der Waals surface area contributed by atoms with Crippen LogP contribution in [0.25, 0.3) is 16.5 Å². The van der Waals surface area contributed by atoms with Gasteiger partial charge in [-0.15, -0.1) is 0 Å². The Labute approximate surface area is 248 Å². The van der Waals surface area contributed by atoms with Gasteiger partial charge in [-0.1, -0.05) is 43.7 Å². The minimum absolute atomic E-state index is 0.0857. The number of phenolic OH excluding ortho intramolecular Hbond substituents is 1. The summed E-state index contributed by atoms with van der Waals surface area (Å²) in [7, 11) is 1.44. The van der Waals surface area contributed by atoms with E-state index in [0.717, 1.165) is 35.7 Å². The molecule has 2 aromatic heterocycles. The SMILES string of the molecule is CCCCc1cc(NC(=O)Nc2ccc(Oc3ccnc(NC(=O)COC)c3)c3ccccc23)n(-c2cccc(O)c2)n1. The molecular formula is C32H32N6O5. The summed E-state index contributed by atoms with van der Waals surface area (Å²) in [6.07, 6.45) is 4.28. The van der Waals surface area contributed by atoms with Gasteiger partial charge in [0.1, 0.15) is 35.5 Å². The molecule has 2 heterocycles. The number of nitrogens with zero attached hydrogens (tertiary/aromatic N) is 3. The van der Waals surface area contributed by atoms with Crippen LogP contribution in [0.5, 0.6) is 17.2 Å². The normalized spacial score (nSPS) is 10.8. The minimum Gasteiger partial charge on any atom is -0.508 e. The number of amides is 3. The van der Waals surface area contributed by atoms with E-state index in [1.165, 1.54) is 13.3 Å². The van der Waals surface area contributed by atoms with Crippen LogP contribution in [0.3, 0.4) is 0 Å². The van der Waals surface area contributed by atoms with E-state index in [9.17, 15) is 14.7 Å². The number of aromatic hydroxyl groups is 1. The number of rotatable bonds is 11. The van der Waals surface area contributed by atoms with Crippen molar-refractivity contribution in [3.05, 3.63) is 90.8 Å². The highest BCUT2D eigenvalue weighted by Gasteiger charge is 2.15. The van der Waals surface area contributed by atoms with Crippen molar-refractivity contribution < 1.29 is 24.2 Å². The lowest BCUT2D eigenvalue weighted by Gasteiger charge is -2.14. The first-order chi connectivity index (χ1) is 20.9. The zero-order chi connectivity index (χ0) is 30.2. The van der Waals surface area contributed by atoms with Crippen LogP contribution in [0.15, 0.2) is 85.1 Å². The van der Waals surface area contributed by atoms with Crippen LogP contribution < -0.4 is 20.7 Å². The number of carbonyl (C=O) groups is 2. The molecule has 43 heavy (non-hydrogen) atoms. The second-order valence-corrected chi connectivity index (χ2v) is 9.75. The molecule has 0 spiro atoms. The standard InChI is InChI=1S/C32H32N6O5/c1-3-4-8-21-17-30(38(37-21)22-9-7-10-23(39)18-22)36-32(41)34-27-13-14-28(26-12-6-5-11-25(26)27)43-24-15-16-33-29(19-24)35-31(40)20-42-2/h5-7,9-19,39H,3-4,8,20H2,1-2H3,(H,33,35,40)(H2,34,36,41). The summed E-state index contributed by atoms with van der Waals surface area (Å²) in [5.41, 5.74) is 2.05. The number of aromatic nitrogens is 3. The predicted octanol–water partition coefficient (Wildman–Crippen LogP) is 6.49. The number of phenols is 1. The first kappa shape index (κ1) is 29.1. The number of pyridine rings is 1. The Morgan fingerprint density at radius 1 is 0.930 bits per heavy atom. The van der Waals surface area contributed by atoms with E-state index >= 15 is 0 Å². The molecule has 0 radical (unpaired) electrons. The molecule has 0 saturated heterocycles. The molecule has 11 nitrogen and oxygen atoms in total. The Morgan fingerprint density at radius 2 is 1.77 bits per heavy atom. The topological polar surface area (TPSA) is 140 Å². The molecule has 4 N–H and O–H groups in total. The number of hydrogen-bond donors (Lipinski definition) is 4. The lowest BCUT2D eigenvalue weighted by atomic mass is 10.1. The average molecular weight is 581 g/mol. The zero-order valence-electron chi connectivity index (χ0n) is 23.8. The van der Waals surface area contributed by atoms with Gasteiger partial charge in [-0.3, -0.25) is 10.1 Å². The van der Waals surface area contributed by atoms with E-state index in [2.05, 4.69) is 33.0 Å². The van der Waals surface area contributed by atoms with Crippen molar-refractivity contribution in [2.45, 2.75) is 26.2 Å². The molecular weight excluding hydrogens is 548 g/mol. The molecule has 220 valence electrons. The molecule has 0 unspecified atom stereocenters. The van der Waals surface area contributed by atoms with Crippen molar-refractivity contribution in [3.63, 3.8) is 0 Å². The summed E-state index contributed by atoms with van der Waals surface area (Å²) in [5, 5.41) is 24.7. The fourth-order valence-corrected chi connectivity index (χ4v) is 4.54. The molecule has 3 aromatic carbocycles. The Bertz CT molecular complexity index is 1750. The van der Waals surface area contributed by atoms with Crippen molar-refractivity contribution in [2.24, 2.45) is 0 Å². The Kier molecular flexibility index (Phi) is 9.13. The molecule has 0 saturated carbocycles. The number of nitrogens with one attached hydrogen (secondary N) is 3. The van der Waals surface area contributed by atoms with Gasteiger partial charge >= 0.3 is 6.03 Å². The van der Waals surface area contributed by atoms with E-state index in [-0.39, 0.29) is 18.3 Å². The van der Waals surface area contributed by atoms with Crippen LogP contribution in [-0.2, 0) is 16.0 Å². The largest absolute Gasteiger partial charge is 0.508 e. The number of urea groups is 1. The van der Waals surface area contributed by atoms with Gasteiger partial charge in [0.2, 0.25) is 0 Å². The van der Waals surface area contributed by atoms with Crippen LogP contribution in [0.1, 0.15) is 25.5 Å². The lowest BCUT2D eigenvalue weighted by Crippen LogP contribution is -2.21. The number of methoxy groups -OCH3 is 1. The number of benzene rings is 3. The third-order valence-electron chi connectivity index (χ3n) is 6.50. The van der Waals surface area contributed by atoms with E-state index in [1.54, 1.807) is 47.1 Å². The molecule has 0 aliphatic carbocycles. The van der Waals surface area contributed by atoms with E-state index in [0.29, 0.717) is 34.5 Å². The number of fused-ring (bicyclic) bond motifs is 1. The van der Waals surface area contributed by atoms with Gasteiger partial charge in [0.15, 0.2) is 0 Å². The maximum absolute atomic E-state index is 13.3. The molecule has 0 bridgehead atoms. The number of ether oxygens (including phenoxy) is 2. The van der Waals surface area contributed by atoms with Crippen molar-refractivity contribution >= 4 is 40.0 Å². The third-order valence-corrected chi connectivity index (χ3v) is 6.50.